The highest BCUT2D eigenvalue weighted by molar-refractivity contribution is 5.74. The number of methoxy groups -OCH3 is 1. The van der Waals surface area contributed by atoms with E-state index in [1.807, 2.05) is 18.2 Å². The number of hydrogen-bond donors (Lipinski definition) is 1. The van der Waals surface area contributed by atoms with Gasteiger partial charge in [-0.3, -0.25) is 0 Å². The number of hydrogen-bond acceptors (Lipinski definition) is 4. The quantitative estimate of drug-likeness (QED) is 0.864. The van der Waals surface area contributed by atoms with Crippen molar-refractivity contribution < 1.29 is 9.15 Å². The average Bonchev–Trinajstić information content (AvgIpc) is 2.82. The van der Waals surface area contributed by atoms with Gasteiger partial charge in [-0.2, -0.15) is 0 Å². The van der Waals surface area contributed by atoms with Crippen molar-refractivity contribution in [3.8, 4) is 5.75 Å². The molecule has 1 aliphatic heterocycles. The molecule has 1 aliphatic rings. The van der Waals surface area contributed by atoms with Gasteiger partial charge in [0.15, 0.2) is 5.58 Å². The third kappa shape index (κ3) is 2.00. The summed E-state index contributed by atoms with van der Waals surface area (Å²) in [7, 11) is 1.65. The standard InChI is InChI=1S/C13H16N2O2/c1-16-9-5-6-10-12(8-9)17-13(15-10)11-4-2-3-7-14-11/h5-6,8,11,14H,2-4,7H2,1H3. The fourth-order valence-corrected chi connectivity index (χ4v) is 2.26. The Morgan fingerprint density at radius 3 is 3.12 bits per heavy atom. The second-order valence-corrected chi connectivity index (χ2v) is 4.39. The highest BCUT2D eigenvalue weighted by Crippen LogP contribution is 2.27. The van der Waals surface area contributed by atoms with Crippen LogP contribution in [-0.4, -0.2) is 18.6 Å². The van der Waals surface area contributed by atoms with Crippen LogP contribution in [0, 0.1) is 0 Å². The number of oxazole rings is 1. The minimum absolute atomic E-state index is 0.266. The molecule has 0 radical (unpaired) electrons. The number of rotatable bonds is 2. The van der Waals surface area contributed by atoms with Crippen LogP contribution in [0.3, 0.4) is 0 Å². The summed E-state index contributed by atoms with van der Waals surface area (Å²) in [5.74, 6) is 1.60. The molecule has 0 saturated carbocycles. The van der Waals surface area contributed by atoms with Gasteiger partial charge in [0.05, 0.1) is 13.2 Å². The first-order valence-corrected chi connectivity index (χ1v) is 6.05. The van der Waals surface area contributed by atoms with E-state index in [4.69, 9.17) is 9.15 Å². The summed E-state index contributed by atoms with van der Waals surface area (Å²) in [6.07, 6.45) is 3.58. The molecule has 1 unspecified atom stereocenters. The van der Waals surface area contributed by atoms with Crippen LogP contribution < -0.4 is 10.1 Å². The number of aromatic nitrogens is 1. The molecule has 1 aromatic carbocycles. The topological polar surface area (TPSA) is 47.3 Å². The highest BCUT2D eigenvalue weighted by Gasteiger charge is 2.20. The highest BCUT2D eigenvalue weighted by atomic mass is 16.5. The maximum Gasteiger partial charge on any atom is 0.212 e. The number of fused-ring (bicyclic) bond motifs is 1. The van der Waals surface area contributed by atoms with Crippen LogP contribution in [-0.2, 0) is 0 Å². The smallest absolute Gasteiger partial charge is 0.212 e. The van der Waals surface area contributed by atoms with Gasteiger partial charge in [0.2, 0.25) is 5.89 Å². The molecule has 0 aliphatic carbocycles. The van der Waals surface area contributed by atoms with Crippen LogP contribution in [0.2, 0.25) is 0 Å². The number of benzene rings is 1. The second kappa shape index (κ2) is 4.37. The maximum atomic E-state index is 5.80. The first kappa shape index (κ1) is 10.6. The van der Waals surface area contributed by atoms with Crippen LogP contribution in [0.5, 0.6) is 5.75 Å². The average molecular weight is 232 g/mol. The van der Waals surface area contributed by atoms with E-state index in [-0.39, 0.29) is 6.04 Å². The normalized spacial score (nSPS) is 20.6. The largest absolute Gasteiger partial charge is 0.497 e. The fourth-order valence-electron chi connectivity index (χ4n) is 2.26. The van der Waals surface area contributed by atoms with Crippen molar-refractivity contribution >= 4 is 11.1 Å². The molecule has 1 aromatic heterocycles. The molecule has 2 aromatic rings. The van der Waals surface area contributed by atoms with E-state index in [9.17, 15) is 0 Å². The molecule has 4 heteroatoms. The first-order valence-electron chi connectivity index (χ1n) is 6.05. The van der Waals surface area contributed by atoms with Gasteiger partial charge < -0.3 is 14.5 Å². The van der Waals surface area contributed by atoms with Gasteiger partial charge in [0.25, 0.3) is 0 Å². The van der Waals surface area contributed by atoms with Crippen molar-refractivity contribution in [1.29, 1.82) is 0 Å². The Kier molecular flexibility index (Phi) is 2.73. The van der Waals surface area contributed by atoms with Gasteiger partial charge in [-0.15, -0.1) is 0 Å². The third-order valence-corrected chi connectivity index (χ3v) is 3.22. The van der Waals surface area contributed by atoms with Crippen molar-refractivity contribution in [1.82, 2.24) is 10.3 Å². The predicted molar refractivity (Wildman–Crippen MR) is 65.2 cm³/mol. The molecule has 0 spiro atoms. The van der Waals surface area contributed by atoms with Gasteiger partial charge >= 0.3 is 0 Å². The lowest BCUT2D eigenvalue weighted by Gasteiger charge is -2.19. The Labute approximate surface area is 100.0 Å². The summed E-state index contributed by atoms with van der Waals surface area (Å²) in [6.45, 7) is 1.05. The lowest BCUT2D eigenvalue weighted by atomic mass is 10.1. The zero-order chi connectivity index (χ0) is 11.7. The maximum absolute atomic E-state index is 5.80. The third-order valence-electron chi connectivity index (χ3n) is 3.22. The summed E-state index contributed by atoms with van der Waals surface area (Å²) >= 11 is 0. The molecule has 1 atom stereocenters. The summed E-state index contributed by atoms with van der Waals surface area (Å²) in [5.41, 5.74) is 1.69. The van der Waals surface area contributed by atoms with Crippen LogP contribution in [0.1, 0.15) is 31.2 Å². The van der Waals surface area contributed by atoms with Crippen LogP contribution in [0.4, 0.5) is 0 Å². The Hall–Kier alpha value is -1.55. The molecular formula is C13H16N2O2. The van der Waals surface area contributed by atoms with E-state index in [1.165, 1.54) is 12.8 Å². The van der Waals surface area contributed by atoms with Crippen molar-refractivity contribution in [3.05, 3.63) is 24.1 Å². The number of nitrogens with zero attached hydrogens (tertiary/aromatic N) is 1. The zero-order valence-electron chi connectivity index (χ0n) is 9.90. The van der Waals surface area contributed by atoms with E-state index in [0.29, 0.717) is 0 Å². The van der Waals surface area contributed by atoms with Gasteiger partial charge in [-0.05, 0) is 31.5 Å². The van der Waals surface area contributed by atoms with Crippen molar-refractivity contribution in [2.45, 2.75) is 25.3 Å². The van der Waals surface area contributed by atoms with Crippen LogP contribution in [0.25, 0.3) is 11.1 Å². The van der Waals surface area contributed by atoms with Crippen molar-refractivity contribution in [3.63, 3.8) is 0 Å². The summed E-state index contributed by atoms with van der Waals surface area (Å²) in [5, 5.41) is 3.44. The van der Waals surface area contributed by atoms with Crippen LogP contribution in [0.15, 0.2) is 22.6 Å². The van der Waals surface area contributed by atoms with Gasteiger partial charge in [0, 0.05) is 6.07 Å². The van der Waals surface area contributed by atoms with E-state index in [0.717, 1.165) is 35.7 Å². The molecule has 0 amide bonds. The van der Waals surface area contributed by atoms with E-state index in [1.54, 1.807) is 7.11 Å². The first-order chi connectivity index (χ1) is 8.36. The fraction of sp³-hybridized carbons (Fsp3) is 0.462. The number of nitrogens with one attached hydrogen (secondary N) is 1. The monoisotopic (exact) mass is 232 g/mol. The van der Waals surface area contributed by atoms with Crippen molar-refractivity contribution in [2.75, 3.05) is 13.7 Å². The molecule has 90 valence electrons. The molecule has 2 heterocycles. The van der Waals surface area contributed by atoms with E-state index in [2.05, 4.69) is 10.3 Å². The summed E-state index contributed by atoms with van der Waals surface area (Å²) in [6, 6.07) is 5.99. The molecule has 17 heavy (non-hydrogen) atoms. The van der Waals surface area contributed by atoms with Crippen LogP contribution >= 0.6 is 0 Å². The molecule has 0 bridgehead atoms. The number of piperidine rings is 1. The SMILES string of the molecule is COc1ccc2nc(C3CCCCN3)oc2c1. The zero-order valence-corrected chi connectivity index (χ0v) is 9.90. The molecule has 4 nitrogen and oxygen atoms in total. The summed E-state index contributed by atoms with van der Waals surface area (Å²) < 4.78 is 11.0. The minimum atomic E-state index is 0.266. The minimum Gasteiger partial charge on any atom is -0.497 e. The lowest BCUT2D eigenvalue weighted by molar-refractivity contribution is 0.347. The molecule has 1 N–H and O–H groups in total. The van der Waals surface area contributed by atoms with Gasteiger partial charge in [-0.1, -0.05) is 6.42 Å². The van der Waals surface area contributed by atoms with Gasteiger partial charge in [0.1, 0.15) is 11.3 Å². The van der Waals surface area contributed by atoms with E-state index >= 15 is 0 Å². The second-order valence-electron chi connectivity index (χ2n) is 4.39. The Morgan fingerprint density at radius 2 is 2.35 bits per heavy atom. The molecule has 3 rings (SSSR count). The Bertz CT molecular complexity index is 515. The van der Waals surface area contributed by atoms with Crippen molar-refractivity contribution in [2.24, 2.45) is 0 Å². The summed E-state index contributed by atoms with van der Waals surface area (Å²) in [4.78, 5) is 4.53. The molecule has 1 saturated heterocycles. The Balaban J connectivity index is 1.95. The number of ether oxygens (including phenoxy) is 1. The van der Waals surface area contributed by atoms with E-state index < -0.39 is 0 Å². The molecule has 1 fully saturated rings. The lowest BCUT2D eigenvalue weighted by Crippen LogP contribution is -2.26. The molecular weight excluding hydrogens is 216 g/mol. The predicted octanol–water partition coefficient (Wildman–Crippen LogP) is 2.65. The Morgan fingerprint density at radius 1 is 1.41 bits per heavy atom. The van der Waals surface area contributed by atoms with Gasteiger partial charge in [-0.25, -0.2) is 4.98 Å².